The minimum atomic E-state index is -0.286. The SMILES string of the molecule is COCc1cc(-c2cccc(COC)c2F)cnc1N1CC(=NOC)C1. The van der Waals surface area contributed by atoms with Gasteiger partial charge in [0.1, 0.15) is 18.7 Å². The lowest BCUT2D eigenvalue weighted by Crippen LogP contribution is -2.48. The summed E-state index contributed by atoms with van der Waals surface area (Å²) in [6.45, 7) is 1.94. The van der Waals surface area contributed by atoms with Crippen molar-refractivity contribution in [1.29, 1.82) is 0 Å². The molecule has 0 spiro atoms. The highest BCUT2D eigenvalue weighted by molar-refractivity contribution is 5.99. The summed E-state index contributed by atoms with van der Waals surface area (Å²) in [6, 6.07) is 7.21. The summed E-state index contributed by atoms with van der Waals surface area (Å²) < 4.78 is 25.1. The molecule has 6 nitrogen and oxygen atoms in total. The lowest BCUT2D eigenvalue weighted by molar-refractivity contribution is 0.181. The van der Waals surface area contributed by atoms with Crippen LogP contribution in [0.15, 0.2) is 35.6 Å². The quantitative estimate of drug-likeness (QED) is 0.712. The van der Waals surface area contributed by atoms with Gasteiger partial charge in [0.05, 0.1) is 32.0 Å². The maximum Gasteiger partial charge on any atom is 0.136 e. The Kier molecular flexibility index (Phi) is 5.80. The van der Waals surface area contributed by atoms with Crippen LogP contribution in [0.25, 0.3) is 11.1 Å². The van der Waals surface area contributed by atoms with Gasteiger partial charge in [0, 0.05) is 42.7 Å². The molecule has 2 heterocycles. The molecule has 0 saturated carbocycles. The smallest absolute Gasteiger partial charge is 0.136 e. The zero-order valence-electron chi connectivity index (χ0n) is 15.2. The fourth-order valence-corrected chi connectivity index (χ4v) is 3.00. The number of hydrogen-bond acceptors (Lipinski definition) is 6. The van der Waals surface area contributed by atoms with Crippen LogP contribution in [-0.4, -0.2) is 45.1 Å². The summed E-state index contributed by atoms with van der Waals surface area (Å²) in [5.74, 6) is 0.532. The van der Waals surface area contributed by atoms with Gasteiger partial charge in [0.2, 0.25) is 0 Å². The van der Waals surface area contributed by atoms with Crippen molar-refractivity contribution in [1.82, 2.24) is 4.98 Å². The summed E-state index contributed by atoms with van der Waals surface area (Å²) in [4.78, 5) is 11.4. The van der Waals surface area contributed by atoms with Crippen molar-refractivity contribution < 1.29 is 18.7 Å². The second-order valence-corrected chi connectivity index (χ2v) is 6.05. The van der Waals surface area contributed by atoms with E-state index in [2.05, 4.69) is 15.0 Å². The Balaban J connectivity index is 1.92. The molecule has 7 heteroatoms. The van der Waals surface area contributed by atoms with E-state index in [4.69, 9.17) is 14.3 Å². The number of nitrogens with zero attached hydrogens (tertiary/aromatic N) is 3. The zero-order chi connectivity index (χ0) is 18.5. The molecule has 1 aromatic carbocycles. The van der Waals surface area contributed by atoms with Crippen molar-refractivity contribution in [3.8, 4) is 11.1 Å². The number of aromatic nitrogens is 1. The molecule has 0 unspecified atom stereocenters. The van der Waals surface area contributed by atoms with E-state index in [0.717, 1.165) is 17.1 Å². The zero-order valence-corrected chi connectivity index (χ0v) is 15.2. The largest absolute Gasteiger partial charge is 0.399 e. The minimum absolute atomic E-state index is 0.228. The highest BCUT2D eigenvalue weighted by atomic mass is 19.1. The van der Waals surface area contributed by atoms with Gasteiger partial charge < -0.3 is 19.2 Å². The van der Waals surface area contributed by atoms with Crippen LogP contribution in [0.5, 0.6) is 0 Å². The van der Waals surface area contributed by atoms with Gasteiger partial charge in [-0.2, -0.15) is 0 Å². The van der Waals surface area contributed by atoms with Gasteiger partial charge in [-0.25, -0.2) is 9.37 Å². The van der Waals surface area contributed by atoms with Crippen LogP contribution in [0, 0.1) is 5.82 Å². The van der Waals surface area contributed by atoms with Crippen LogP contribution in [0.3, 0.4) is 0 Å². The number of anilines is 1. The van der Waals surface area contributed by atoms with Gasteiger partial charge >= 0.3 is 0 Å². The van der Waals surface area contributed by atoms with Gasteiger partial charge in [-0.1, -0.05) is 23.4 Å². The molecule has 2 aromatic rings. The Labute approximate surface area is 152 Å². The second kappa shape index (κ2) is 8.25. The molecule has 0 aliphatic carbocycles. The third-order valence-electron chi connectivity index (χ3n) is 4.20. The molecule has 26 heavy (non-hydrogen) atoms. The first-order valence-corrected chi connectivity index (χ1v) is 8.26. The number of ether oxygens (including phenoxy) is 2. The standard InChI is InChI=1S/C19H22FN3O3/c1-24-11-13-5-4-6-17(18(13)20)14-7-15(12-25-2)19(21-8-14)23-9-16(10-23)22-26-3/h4-8H,9-12H2,1-3H3. The molecule has 138 valence electrons. The molecule has 0 atom stereocenters. The van der Waals surface area contributed by atoms with Crippen LogP contribution >= 0.6 is 0 Å². The van der Waals surface area contributed by atoms with Crippen LogP contribution in [0.2, 0.25) is 0 Å². The first-order valence-electron chi connectivity index (χ1n) is 8.26. The second-order valence-electron chi connectivity index (χ2n) is 6.05. The number of pyridine rings is 1. The molecule has 1 fully saturated rings. The van der Waals surface area contributed by atoms with Gasteiger partial charge in [0.15, 0.2) is 0 Å². The van der Waals surface area contributed by atoms with Gasteiger partial charge in [-0.15, -0.1) is 0 Å². The van der Waals surface area contributed by atoms with Crippen molar-refractivity contribution >= 4 is 11.5 Å². The number of oxime groups is 1. The van der Waals surface area contributed by atoms with Crippen LogP contribution in [0.1, 0.15) is 11.1 Å². The maximum atomic E-state index is 14.8. The number of methoxy groups -OCH3 is 2. The van der Waals surface area contributed by atoms with E-state index < -0.39 is 0 Å². The van der Waals surface area contributed by atoms with E-state index in [-0.39, 0.29) is 12.4 Å². The average molecular weight is 359 g/mol. The average Bonchev–Trinajstić information content (AvgIpc) is 2.60. The third-order valence-corrected chi connectivity index (χ3v) is 4.20. The topological polar surface area (TPSA) is 56.2 Å². The van der Waals surface area contributed by atoms with E-state index in [9.17, 15) is 4.39 Å². The van der Waals surface area contributed by atoms with Crippen molar-refractivity contribution in [2.24, 2.45) is 5.16 Å². The lowest BCUT2D eigenvalue weighted by Gasteiger charge is -2.34. The number of benzene rings is 1. The Morgan fingerprint density at radius 3 is 2.54 bits per heavy atom. The maximum absolute atomic E-state index is 14.8. The summed E-state index contributed by atoms with van der Waals surface area (Å²) in [6.07, 6.45) is 1.69. The number of rotatable bonds is 7. The van der Waals surface area contributed by atoms with Crippen molar-refractivity contribution in [2.45, 2.75) is 13.2 Å². The summed E-state index contributed by atoms with van der Waals surface area (Å²) in [5.41, 5.74) is 3.59. The van der Waals surface area contributed by atoms with E-state index in [1.807, 2.05) is 12.1 Å². The fourth-order valence-electron chi connectivity index (χ4n) is 3.00. The van der Waals surface area contributed by atoms with E-state index >= 15 is 0 Å². The molecular weight excluding hydrogens is 337 g/mol. The van der Waals surface area contributed by atoms with Gasteiger partial charge in [-0.3, -0.25) is 0 Å². The molecule has 1 aromatic heterocycles. The molecule has 1 aliphatic heterocycles. The van der Waals surface area contributed by atoms with Crippen molar-refractivity contribution in [2.75, 3.05) is 39.3 Å². The molecule has 3 rings (SSSR count). The predicted octanol–water partition coefficient (Wildman–Crippen LogP) is 3.00. The van der Waals surface area contributed by atoms with E-state index in [1.165, 1.54) is 7.11 Å². The van der Waals surface area contributed by atoms with Crippen molar-refractivity contribution in [3.05, 3.63) is 47.4 Å². The van der Waals surface area contributed by atoms with Crippen LogP contribution in [0.4, 0.5) is 10.2 Å². The molecule has 1 saturated heterocycles. The highest BCUT2D eigenvalue weighted by Gasteiger charge is 2.26. The number of halogens is 1. The van der Waals surface area contributed by atoms with Crippen LogP contribution < -0.4 is 4.90 Å². The lowest BCUT2D eigenvalue weighted by atomic mass is 10.0. The number of hydrogen-bond donors (Lipinski definition) is 0. The van der Waals surface area contributed by atoms with Crippen molar-refractivity contribution in [3.63, 3.8) is 0 Å². The summed E-state index contributed by atoms with van der Waals surface area (Å²) in [7, 11) is 4.71. The third kappa shape index (κ3) is 3.68. The first kappa shape index (κ1) is 18.3. The molecule has 1 aliphatic rings. The minimum Gasteiger partial charge on any atom is -0.399 e. The first-order chi connectivity index (χ1) is 12.7. The molecule has 0 radical (unpaired) electrons. The molecule has 0 N–H and O–H groups in total. The van der Waals surface area contributed by atoms with Crippen LogP contribution in [-0.2, 0) is 27.5 Å². The molecule has 0 bridgehead atoms. The Morgan fingerprint density at radius 1 is 1.12 bits per heavy atom. The highest BCUT2D eigenvalue weighted by Crippen LogP contribution is 2.30. The monoisotopic (exact) mass is 359 g/mol. The normalized spacial score (nSPS) is 13.5. The van der Waals surface area contributed by atoms with E-state index in [0.29, 0.717) is 36.4 Å². The summed E-state index contributed by atoms with van der Waals surface area (Å²) in [5, 5.41) is 3.94. The molecular formula is C19H22FN3O3. The molecule has 0 amide bonds. The summed E-state index contributed by atoms with van der Waals surface area (Å²) >= 11 is 0. The Morgan fingerprint density at radius 2 is 1.85 bits per heavy atom. The van der Waals surface area contributed by atoms with Gasteiger partial charge in [0.25, 0.3) is 0 Å². The predicted molar refractivity (Wildman–Crippen MR) is 97.7 cm³/mol. The Bertz CT molecular complexity index is 803. The Hall–Kier alpha value is -2.51. The fraction of sp³-hybridized carbons (Fsp3) is 0.368. The van der Waals surface area contributed by atoms with Gasteiger partial charge in [-0.05, 0) is 6.07 Å². The van der Waals surface area contributed by atoms with E-state index in [1.54, 1.807) is 32.5 Å².